The molecule has 0 aliphatic rings. The molecule has 0 saturated heterocycles. The Morgan fingerprint density at radius 1 is 1.35 bits per heavy atom. The quantitative estimate of drug-likeness (QED) is 0.755. The van der Waals surface area contributed by atoms with Crippen molar-refractivity contribution in [2.24, 2.45) is 0 Å². The third-order valence-corrected chi connectivity index (χ3v) is 6.79. The van der Waals surface area contributed by atoms with E-state index in [0.717, 1.165) is 4.88 Å². The highest BCUT2D eigenvalue weighted by Gasteiger charge is 2.24. The van der Waals surface area contributed by atoms with Crippen LogP contribution in [0.5, 0.6) is 0 Å². The second-order valence-electron chi connectivity index (χ2n) is 4.09. The fourth-order valence-electron chi connectivity index (χ4n) is 1.73. The minimum Gasteiger partial charge on any atom is -0.207 e. The fourth-order valence-corrected chi connectivity index (χ4v) is 4.63. The van der Waals surface area contributed by atoms with Crippen molar-refractivity contribution < 1.29 is 8.42 Å². The number of benzene rings is 1. The van der Waals surface area contributed by atoms with Crippen LogP contribution in [0.2, 0.25) is 5.02 Å². The molecule has 0 unspecified atom stereocenters. The molecular weight excluding hydrogens is 382 g/mol. The number of thiophene rings is 1. The Bertz CT molecular complexity index is 686. The van der Waals surface area contributed by atoms with Gasteiger partial charge in [0, 0.05) is 22.4 Å². The maximum Gasteiger partial charge on any atom is 0.243 e. The summed E-state index contributed by atoms with van der Waals surface area (Å²) in [4.78, 5) is 1.26. The molecule has 0 fully saturated rings. The molecule has 0 N–H and O–H groups in total. The summed E-state index contributed by atoms with van der Waals surface area (Å²) in [6.45, 7) is 2.63. The molecule has 0 aliphatic carbocycles. The highest BCUT2D eigenvalue weighted by Crippen LogP contribution is 2.27. The number of hydrogen-bond donors (Lipinski definition) is 0. The summed E-state index contributed by atoms with van der Waals surface area (Å²) in [7, 11) is -3.52. The Morgan fingerprint density at radius 2 is 2.10 bits per heavy atom. The van der Waals surface area contributed by atoms with Gasteiger partial charge in [-0.3, -0.25) is 0 Å². The fraction of sp³-hybridized carbons (Fsp3) is 0.231. The molecule has 7 heteroatoms. The van der Waals surface area contributed by atoms with Crippen LogP contribution in [0.25, 0.3) is 0 Å². The SMILES string of the molecule is CCN(Cc1cccs1)S(=O)(=O)c1ccc(Cl)c(Br)c1. The van der Waals surface area contributed by atoms with Gasteiger partial charge in [0.05, 0.1) is 9.92 Å². The molecular formula is C13H13BrClNO2S2. The van der Waals surface area contributed by atoms with Gasteiger partial charge in [-0.25, -0.2) is 8.42 Å². The molecule has 0 atom stereocenters. The highest BCUT2D eigenvalue weighted by atomic mass is 79.9. The Kier molecular flexibility index (Phi) is 5.25. The molecule has 0 bridgehead atoms. The van der Waals surface area contributed by atoms with Crippen molar-refractivity contribution in [2.75, 3.05) is 6.54 Å². The van der Waals surface area contributed by atoms with Gasteiger partial charge in [-0.2, -0.15) is 4.31 Å². The lowest BCUT2D eigenvalue weighted by molar-refractivity contribution is 0.426. The van der Waals surface area contributed by atoms with Crippen LogP contribution in [0, 0.1) is 0 Å². The van der Waals surface area contributed by atoms with Crippen LogP contribution < -0.4 is 0 Å². The molecule has 1 aromatic carbocycles. The number of nitrogens with zero attached hydrogens (tertiary/aromatic N) is 1. The number of halogens is 2. The molecule has 0 saturated carbocycles. The van der Waals surface area contributed by atoms with Crippen LogP contribution in [0.4, 0.5) is 0 Å². The van der Waals surface area contributed by atoms with Gasteiger partial charge in [0.25, 0.3) is 0 Å². The van der Waals surface area contributed by atoms with Gasteiger partial charge in [0.1, 0.15) is 0 Å². The maximum absolute atomic E-state index is 12.6. The number of rotatable bonds is 5. The lowest BCUT2D eigenvalue weighted by Crippen LogP contribution is -2.30. The Labute approximate surface area is 136 Å². The molecule has 2 rings (SSSR count). The molecule has 0 aliphatic heterocycles. The first-order valence-electron chi connectivity index (χ1n) is 5.92. The van der Waals surface area contributed by atoms with Crippen LogP contribution in [0.1, 0.15) is 11.8 Å². The van der Waals surface area contributed by atoms with E-state index in [0.29, 0.717) is 22.6 Å². The summed E-state index contributed by atoms with van der Waals surface area (Å²) >= 11 is 10.7. The smallest absolute Gasteiger partial charge is 0.207 e. The van der Waals surface area contributed by atoms with Crippen molar-refractivity contribution in [2.45, 2.75) is 18.4 Å². The van der Waals surface area contributed by atoms with Crippen LogP contribution in [0.3, 0.4) is 0 Å². The second kappa shape index (κ2) is 6.58. The van der Waals surface area contributed by atoms with Crippen LogP contribution >= 0.6 is 38.9 Å². The first kappa shape index (κ1) is 16.0. The van der Waals surface area contributed by atoms with Crippen LogP contribution in [-0.2, 0) is 16.6 Å². The molecule has 1 heterocycles. The molecule has 108 valence electrons. The predicted molar refractivity (Wildman–Crippen MR) is 86.7 cm³/mol. The van der Waals surface area contributed by atoms with Crippen molar-refractivity contribution in [3.8, 4) is 0 Å². The third-order valence-electron chi connectivity index (χ3n) is 2.79. The maximum atomic E-state index is 12.6. The average Bonchev–Trinajstić information content (AvgIpc) is 2.91. The van der Waals surface area contributed by atoms with Gasteiger partial charge >= 0.3 is 0 Å². The summed E-state index contributed by atoms with van der Waals surface area (Å²) in [6, 6.07) is 8.49. The summed E-state index contributed by atoms with van der Waals surface area (Å²) in [5.41, 5.74) is 0. The Balaban J connectivity index is 2.33. The summed E-state index contributed by atoms with van der Waals surface area (Å²) < 4.78 is 27.3. The highest BCUT2D eigenvalue weighted by molar-refractivity contribution is 9.10. The minimum atomic E-state index is -3.52. The zero-order valence-electron chi connectivity index (χ0n) is 10.7. The average molecular weight is 395 g/mol. The van der Waals surface area contributed by atoms with E-state index >= 15 is 0 Å². The summed E-state index contributed by atoms with van der Waals surface area (Å²) in [6.07, 6.45) is 0. The van der Waals surface area contributed by atoms with Crippen molar-refractivity contribution in [1.82, 2.24) is 4.31 Å². The number of hydrogen-bond acceptors (Lipinski definition) is 3. The molecule has 20 heavy (non-hydrogen) atoms. The van der Waals surface area contributed by atoms with Gasteiger partial charge in [-0.1, -0.05) is 24.6 Å². The normalized spacial score (nSPS) is 12.0. The summed E-state index contributed by atoms with van der Waals surface area (Å²) in [5, 5.41) is 2.43. The van der Waals surface area contributed by atoms with Crippen molar-refractivity contribution in [3.05, 3.63) is 50.1 Å². The molecule has 1 aromatic heterocycles. The van der Waals surface area contributed by atoms with Crippen molar-refractivity contribution >= 4 is 48.9 Å². The van der Waals surface area contributed by atoms with Gasteiger partial charge < -0.3 is 0 Å². The standard InChI is InChI=1S/C13H13BrClNO2S2/c1-2-16(9-10-4-3-7-19-10)20(17,18)11-5-6-13(15)12(14)8-11/h3-8H,2,9H2,1H3. The van der Waals surface area contributed by atoms with E-state index in [-0.39, 0.29) is 4.90 Å². The van der Waals surface area contributed by atoms with Gasteiger partial charge in [0.15, 0.2) is 0 Å². The van der Waals surface area contributed by atoms with E-state index in [9.17, 15) is 8.42 Å². The molecule has 0 radical (unpaired) electrons. The number of sulfonamides is 1. The predicted octanol–water partition coefficient (Wildman–Crippen LogP) is 4.37. The van der Waals surface area contributed by atoms with E-state index in [1.54, 1.807) is 17.4 Å². The minimum absolute atomic E-state index is 0.243. The lowest BCUT2D eigenvalue weighted by Gasteiger charge is -2.20. The Hall–Kier alpha value is -0.400. The Morgan fingerprint density at radius 3 is 2.65 bits per heavy atom. The van der Waals surface area contributed by atoms with E-state index in [4.69, 9.17) is 11.6 Å². The molecule has 0 amide bonds. The third kappa shape index (κ3) is 3.43. The van der Waals surface area contributed by atoms with Gasteiger partial charge in [-0.15, -0.1) is 11.3 Å². The van der Waals surface area contributed by atoms with Crippen LogP contribution in [0.15, 0.2) is 45.1 Å². The zero-order valence-corrected chi connectivity index (χ0v) is 14.7. The van der Waals surface area contributed by atoms with Crippen LogP contribution in [-0.4, -0.2) is 19.3 Å². The first-order valence-corrected chi connectivity index (χ1v) is 9.41. The second-order valence-corrected chi connectivity index (χ2v) is 8.32. The van der Waals surface area contributed by atoms with Crippen molar-refractivity contribution in [1.29, 1.82) is 0 Å². The topological polar surface area (TPSA) is 37.4 Å². The van der Waals surface area contributed by atoms with E-state index in [2.05, 4.69) is 15.9 Å². The first-order chi connectivity index (χ1) is 9.45. The largest absolute Gasteiger partial charge is 0.243 e. The lowest BCUT2D eigenvalue weighted by atomic mass is 10.4. The molecule has 2 aromatic rings. The molecule has 0 spiro atoms. The van der Waals surface area contributed by atoms with Gasteiger partial charge in [0.2, 0.25) is 10.0 Å². The van der Waals surface area contributed by atoms with Gasteiger partial charge in [-0.05, 0) is 45.6 Å². The van der Waals surface area contributed by atoms with E-state index in [1.807, 2.05) is 24.4 Å². The summed E-state index contributed by atoms with van der Waals surface area (Å²) in [5.74, 6) is 0. The zero-order chi connectivity index (χ0) is 14.8. The van der Waals surface area contributed by atoms with E-state index in [1.165, 1.54) is 16.4 Å². The van der Waals surface area contributed by atoms with E-state index < -0.39 is 10.0 Å². The van der Waals surface area contributed by atoms with Crippen molar-refractivity contribution in [3.63, 3.8) is 0 Å². The molecule has 3 nitrogen and oxygen atoms in total. The monoisotopic (exact) mass is 393 g/mol.